The molecule has 2 aromatic heterocycles. The van der Waals surface area contributed by atoms with E-state index in [-0.39, 0.29) is 6.09 Å². The molecule has 0 atom stereocenters. The summed E-state index contributed by atoms with van der Waals surface area (Å²) in [6.45, 7) is 9.60. The molecule has 0 N–H and O–H groups in total. The van der Waals surface area contributed by atoms with E-state index in [1.54, 1.807) is 0 Å². The fraction of sp³-hybridized carbons (Fsp3) is 0.652. The average molecular weight is 462 g/mol. The smallest absolute Gasteiger partial charge is 0.410 e. The zero-order valence-electron chi connectivity index (χ0n) is 18.0. The van der Waals surface area contributed by atoms with Gasteiger partial charge in [0.15, 0.2) is 0 Å². The van der Waals surface area contributed by atoms with E-state index in [4.69, 9.17) is 9.72 Å². The highest BCUT2D eigenvalue weighted by Crippen LogP contribution is 2.48. The Labute approximate surface area is 181 Å². The number of carbonyl (C=O) groups excluding carboxylic acids is 1. The first kappa shape index (κ1) is 20.7. The molecule has 4 rings (SSSR count). The molecule has 1 aliphatic carbocycles. The number of nitrogens with zero attached hydrogens (tertiary/aromatic N) is 3. The normalized spacial score (nSPS) is 20.4. The van der Waals surface area contributed by atoms with Crippen LogP contribution in [-0.2, 0) is 4.74 Å². The molecule has 1 spiro atoms. The molecule has 1 aliphatic heterocycles. The molecule has 0 aromatic carbocycles. The van der Waals surface area contributed by atoms with Crippen LogP contribution in [-0.4, -0.2) is 39.2 Å². The van der Waals surface area contributed by atoms with E-state index in [0.717, 1.165) is 36.1 Å². The topological polar surface area (TPSA) is 47.4 Å². The number of halogens is 1. The minimum absolute atomic E-state index is 0.160. The lowest BCUT2D eigenvalue weighted by Gasteiger charge is -2.46. The number of amides is 1. The second-order valence-corrected chi connectivity index (χ2v) is 10.9. The lowest BCUT2D eigenvalue weighted by molar-refractivity contribution is 0.00198. The van der Waals surface area contributed by atoms with Crippen LogP contribution in [0.3, 0.4) is 0 Å². The number of fused-ring (bicyclic) bond motifs is 1. The van der Waals surface area contributed by atoms with Crippen molar-refractivity contribution in [3.8, 4) is 0 Å². The summed E-state index contributed by atoms with van der Waals surface area (Å²) in [4.78, 5) is 19.0. The van der Waals surface area contributed by atoms with Crippen molar-refractivity contribution >= 4 is 33.1 Å². The Balaban J connectivity index is 1.39. The standard InChI is InChI=1S/C23H32BrN3O2/c1-16-15-27(20-19(16)13-17(24)14-25-20)18-5-7-23(8-6-18)9-11-26(12-10-23)21(28)29-22(2,3)4/h13-15,18H,5-12H2,1-4H3. The van der Waals surface area contributed by atoms with Crippen molar-refractivity contribution < 1.29 is 9.53 Å². The molecule has 6 heteroatoms. The van der Waals surface area contributed by atoms with Crippen LogP contribution in [0.25, 0.3) is 11.0 Å². The van der Waals surface area contributed by atoms with E-state index < -0.39 is 5.60 Å². The van der Waals surface area contributed by atoms with Gasteiger partial charge in [0.2, 0.25) is 0 Å². The molecule has 1 amide bonds. The average Bonchev–Trinajstić information content (AvgIpc) is 2.98. The van der Waals surface area contributed by atoms with Gasteiger partial charge in [0, 0.05) is 41.4 Å². The highest BCUT2D eigenvalue weighted by molar-refractivity contribution is 9.10. The van der Waals surface area contributed by atoms with E-state index in [1.165, 1.54) is 36.6 Å². The molecule has 5 nitrogen and oxygen atoms in total. The second-order valence-electron chi connectivity index (χ2n) is 9.94. The Morgan fingerprint density at radius 3 is 2.48 bits per heavy atom. The van der Waals surface area contributed by atoms with Gasteiger partial charge in [-0.1, -0.05) is 0 Å². The number of hydrogen-bond acceptors (Lipinski definition) is 3. The van der Waals surface area contributed by atoms with Gasteiger partial charge in [-0.3, -0.25) is 0 Å². The Kier molecular flexibility index (Phi) is 5.43. The predicted octanol–water partition coefficient (Wildman–Crippen LogP) is 6.24. The number of piperidine rings is 1. The predicted molar refractivity (Wildman–Crippen MR) is 119 cm³/mol. The van der Waals surface area contributed by atoms with Crippen LogP contribution < -0.4 is 0 Å². The molecule has 1 saturated heterocycles. The lowest BCUT2D eigenvalue weighted by Crippen LogP contribution is -2.46. The van der Waals surface area contributed by atoms with E-state index in [2.05, 4.69) is 39.7 Å². The van der Waals surface area contributed by atoms with Crippen LogP contribution in [0, 0.1) is 12.3 Å². The first-order chi connectivity index (χ1) is 13.7. The summed E-state index contributed by atoms with van der Waals surface area (Å²) < 4.78 is 8.99. The number of ether oxygens (including phenoxy) is 1. The maximum Gasteiger partial charge on any atom is 0.410 e. The van der Waals surface area contributed by atoms with Gasteiger partial charge >= 0.3 is 6.09 Å². The summed E-state index contributed by atoms with van der Waals surface area (Å²) in [6.07, 6.45) is 11.0. The van der Waals surface area contributed by atoms with Crippen LogP contribution in [0.4, 0.5) is 4.79 Å². The van der Waals surface area contributed by atoms with E-state index in [1.807, 2.05) is 31.9 Å². The number of aryl methyl sites for hydroxylation is 1. The van der Waals surface area contributed by atoms with Crippen molar-refractivity contribution in [1.29, 1.82) is 0 Å². The van der Waals surface area contributed by atoms with Crippen molar-refractivity contribution in [1.82, 2.24) is 14.5 Å². The zero-order valence-corrected chi connectivity index (χ0v) is 19.6. The van der Waals surface area contributed by atoms with Gasteiger partial charge in [-0.25, -0.2) is 9.78 Å². The van der Waals surface area contributed by atoms with Crippen molar-refractivity contribution in [2.75, 3.05) is 13.1 Å². The molecule has 158 valence electrons. The van der Waals surface area contributed by atoms with Crippen molar-refractivity contribution in [3.05, 3.63) is 28.5 Å². The SMILES string of the molecule is Cc1cn(C2CCC3(CC2)CCN(C(=O)OC(C)(C)C)CC3)c2ncc(Br)cc12. The van der Waals surface area contributed by atoms with Crippen molar-refractivity contribution in [2.45, 2.75) is 77.9 Å². The molecular formula is C23H32BrN3O2. The summed E-state index contributed by atoms with van der Waals surface area (Å²) >= 11 is 3.54. The fourth-order valence-corrected chi connectivity index (χ4v) is 5.36. The Bertz CT molecular complexity index is 897. The molecule has 3 heterocycles. The van der Waals surface area contributed by atoms with Crippen molar-refractivity contribution in [3.63, 3.8) is 0 Å². The van der Waals surface area contributed by atoms with Gasteiger partial charge in [0.25, 0.3) is 0 Å². The Hall–Kier alpha value is -1.56. The first-order valence-electron chi connectivity index (χ1n) is 10.8. The molecular weight excluding hydrogens is 430 g/mol. The highest BCUT2D eigenvalue weighted by atomic mass is 79.9. The van der Waals surface area contributed by atoms with Crippen molar-refractivity contribution in [2.24, 2.45) is 5.41 Å². The van der Waals surface area contributed by atoms with Gasteiger partial charge < -0.3 is 14.2 Å². The lowest BCUT2D eigenvalue weighted by atomic mass is 9.67. The summed E-state index contributed by atoms with van der Waals surface area (Å²) in [7, 11) is 0. The van der Waals surface area contributed by atoms with Crippen LogP contribution in [0.15, 0.2) is 22.9 Å². The number of carbonyl (C=O) groups is 1. The quantitative estimate of drug-likeness (QED) is 0.504. The summed E-state index contributed by atoms with van der Waals surface area (Å²) in [5.41, 5.74) is 2.36. The summed E-state index contributed by atoms with van der Waals surface area (Å²) in [5.74, 6) is 0. The van der Waals surface area contributed by atoms with Crippen LogP contribution in [0.5, 0.6) is 0 Å². The van der Waals surface area contributed by atoms with Crippen LogP contribution in [0.1, 0.15) is 70.9 Å². The second kappa shape index (κ2) is 7.60. The number of aromatic nitrogens is 2. The highest BCUT2D eigenvalue weighted by Gasteiger charge is 2.40. The Morgan fingerprint density at radius 2 is 1.86 bits per heavy atom. The summed E-state index contributed by atoms with van der Waals surface area (Å²) in [6, 6.07) is 2.69. The minimum atomic E-state index is -0.425. The van der Waals surface area contributed by atoms with Gasteiger partial charge in [-0.2, -0.15) is 0 Å². The molecule has 1 saturated carbocycles. The number of rotatable bonds is 1. The third-order valence-corrected chi connectivity index (χ3v) is 7.15. The molecule has 0 radical (unpaired) electrons. The maximum absolute atomic E-state index is 12.4. The van der Waals surface area contributed by atoms with E-state index in [9.17, 15) is 4.79 Å². The van der Waals surface area contributed by atoms with Gasteiger partial charge in [0.1, 0.15) is 11.2 Å². The minimum Gasteiger partial charge on any atom is -0.444 e. The van der Waals surface area contributed by atoms with E-state index in [0.29, 0.717) is 11.5 Å². The molecule has 0 unspecified atom stereocenters. The number of pyridine rings is 1. The monoisotopic (exact) mass is 461 g/mol. The third-order valence-electron chi connectivity index (χ3n) is 6.72. The van der Waals surface area contributed by atoms with Crippen LogP contribution in [0.2, 0.25) is 0 Å². The summed E-state index contributed by atoms with van der Waals surface area (Å²) in [5, 5.41) is 1.24. The third kappa shape index (κ3) is 4.32. The van der Waals surface area contributed by atoms with Gasteiger partial charge in [-0.15, -0.1) is 0 Å². The number of hydrogen-bond donors (Lipinski definition) is 0. The molecule has 2 fully saturated rings. The molecule has 2 aromatic rings. The van der Waals surface area contributed by atoms with E-state index >= 15 is 0 Å². The molecule has 2 aliphatic rings. The fourth-order valence-electron chi connectivity index (χ4n) is 5.03. The maximum atomic E-state index is 12.4. The number of likely N-dealkylation sites (tertiary alicyclic amines) is 1. The largest absolute Gasteiger partial charge is 0.444 e. The Morgan fingerprint density at radius 1 is 1.21 bits per heavy atom. The first-order valence-corrected chi connectivity index (χ1v) is 11.6. The zero-order chi connectivity index (χ0) is 20.8. The van der Waals surface area contributed by atoms with Crippen LogP contribution >= 0.6 is 15.9 Å². The van der Waals surface area contributed by atoms with Gasteiger partial charge in [-0.05, 0) is 99.2 Å². The molecule has 29 heavy (non-hydrogen) atoms. The van der Waals surface area contributed by atoms with Gasteiger partial charge in [0.05, 0.1) is 0 Å². The molecule has 0 bridgehead atoms.